The second-order valence-corrected chi connectivity index (χ2v) is 4.69. The van der Waals surface area contributed by atoms with Crippen LogP contribution >= 0.6 is 11.8 Å². The summed E-state index contributed by atoms with van der Waals surface area (Å²) in [5.74, 6) is 0.0829. The molecule has 0 saturated carbocycles. The van der Waals surface area contributed by atoms with Gasteiger partial charge in [0, 0.05) is 16.7 Å². The minimum absolute atomic E-state index is 0.0460. The van der Waals surface area contributed by atoms with E-state index in [9.17, 15) is 8.78 Å². The summed E-state index contributed by atoms with van der Waals surface area (Å²) < 4.78 is 26.0. The molecule has 0 heterocycles. The lowest BCUT2D eigenvalue weighted by Crippen LogP contribution is -1.99. The highest BCUT2D eigenvalue weighted by molar-refractivity contribution is 7.99. The van der Waals surface area contributed by atoms with Crippen molar-refractivity contribution in [3.8, 4) is 0 Å². The summed E-state index contributed by atoms with van der Waals surface area (Å²) >= 11 is 1.40. The molecule has 4 heteroatoms. The number of nitrogens with two attached hydrogens (primary N) is 1. The van der Waals surface area contributed by atoms with Gasteiger partial charge in [-0.2, -0.15) is 0 Å². The van der Waals surface area contributed by atoms with Crippen LogP contribution in [0.1, 0.15) is 20.3 Å². The van der Waals surface area contributed by atoms with Gasteiger partial charge in [0.2, 0.25) is 0 Å². The molecule has 1 aromatic carbocycles. The fourth-order valence-corrected chi connectivity index (χ4v) is 2.18. The summed E-state index contributed by atoms with van der Waals surface area (Å²) in [6, 6.07) is 2.09. The third kappa shape index (κ3) is 3.38. The van der Waals surface area contributed by atoms with Crippen molar-refractivity contribution in [2.45, 2.75) is 25.2 Å². The molecule has 1 unspecified atom stereocenters. The van der Waals surface area contributed by atoms with E-state index in [2.05, 4.69) is 13.8 Å². The van der Waals surface area contributed by atoms with E-state index in [1.165, 1.54) is 17.8 Å². The van der Waals surface area contributed by atoms with Gasteiger partial charge in [0.25, 0.3) is 0 Å². The largest absolute Gasteiger partial charge is 0.395 e. The Morgan fingerprint density at radius 1 is 1.40 bits per heavy atom. The molecule has 0 aromatic heterocycles. The molecule has 0 saturated heterocycles. The summed E-state index contributed by atoms with van der Waals surface area (Å²) in [5, 5.41) is 0. The lowest BCUT2D eigenvalue weighted by molar-refractivity contribution is 0.581. The molecule has 0 fully saturated rings. The van der Waals surface area contributed by atoms with Crippen molar-refractivity contribution >= 4 is 17.4 Å². The van der Waals surface area contributed by atoms with Gasteiger partial charge in [0.05, 0.1) is 5.69 Å². The fraction of sp³-hybridized carbons (Fsp3) is 0.455. The van der Waals surface area contributed by atoms with Crippen molar-refractivity contribution in [2.24, 2.45) is 5.92 Å². The van der Waals surface area contributed by atoms with E-state index in [-0.39, 0.29) is 5.69 Å². The van der Waals surface area contributed by atoms with Gasteiger partial charge in [-0.15, -0.1) is 11.8 Å². The predicted octanol–water partition coefficient (Wildman–Crippen LogP) is 3.69. The van der Waals surface area contributed by atoms with Crippen molar-refractivity contribution in [1.29, 1.82) is 0 Å². The molecule has 0 aliphatic rings. The van der Waals surface area contributed by atoms with Crippen LogP contribution in [0, 0.1) is 17.6 Å². The SMILES string of the molecule is CCC(C)CSc1cc(F)cc(F)c1N. The lowest BCUT2D eigenvalue weighted by Gasteiger charge is -2.10. The summed E-state index contributed by atoms with van der Waals surface area (Å²) in [4.78, 5) is 0.493. The van der Waals surface area contributed by atoms with E-state index in [1.54, 1.807) is 0 Å². The van der Waals surface area contributed by atoms with E-state index in [1.807, 2.05) is 0 Å². The molecule has 1 rings (SSSR count). The van der Waals surface area contributed by atoms with Crippen LogP contribution in [0.15, 0.2) is 17.0 Å². The first-order valence-electron chi connectivity index (χ1n) is 4.92. The van der Waals surface area contributed by atoms with Gasteiger partial charge in [-0.3, -0.25) is 0 Å². The predicted molar refractivity (Wildman–Crippen MR) is 60.9 cm³/mol. The molecule has 2 N–H and O–H groups in total. The highest BCUT2D eigenvalue weighted by atomic mass is 32.2. The average molecular weight is 231 g/mol. The molecule has 0 spiro atoms. The Labute approximate surface area is 93.1 Å². The van der Waals surface area contributed by atoms with E-state index >= 15 is 0 Å². The van der Waals surface area contributed by atoms with Gasteiger partial charge in [0.1, 0.15) is 11.6 Å². The number of hydrogen-bond acceptors (Lipinski definition) is 2. The standard InChI is InChI=1S/C11H15F2NS/c1-3-7(2)6-15-10-5-8(12)4-9(13)11(10)14/h4-5,7H,3,6,14H2,1-2H3. The molecule has 0 amide bonds. The number of anilines is 1. The van der Waals surface area contributed by atoms with Crippen molar-refractivity contribution in [3.63, 3.8) is 0 Å². The first-order valence-corrected chi connectivity index (χ1v) is 5.90. The molecular weight excluding hydrogens is 216 g/mol. The van der Waals surface area contributed by atoms with Crippen LogP contribution in [0.4, 0.5) is 14.5 Å². The molecule has 1 nitrogen and oxygen atoms in total. The zero-order valence-electron chi connectivity index (χ0n) is 8.89. The van der Waals surface area contributed by atoms with Crippen LogP contribution in [0.3, 0.4) is 0 Å². The van der Waals surface area contributed by atoms with Crippen LogP contribution < -0.4 is 5.73 Å². The molecule has 1 aromatic rings. The Kier molecular flexibility index (Phi) is 4.39. The van der Waals surface area contributed by atoms with Crippen LogP contribution in [-0.4, -0.2) is 5.75 Å². The van der Waals surface area contributed by atoms with Crippen molar-refractivity contribution < 1.29 is 8.78 Å². The van der Waals surface area contributed by atoms with Gasteiger partial charge in [-0.1, -0.05) is 20.3 Å². The maximum absolute atomic E-state index is 13.1. The smallest absolute Gasteiger partial charge is 0.150 e. The normalized spacial score (nSPS) is 12.8. The van der Waals surface area contributed by atoms with Crippen LogP contribution in [0.2, 0.25) is 0 Å². The number of thioether (sulfide) groups is 1. The Morgan fingerprint density at radius 2 is 2.07 bits per heavy atom. The number of nitrogen functional groups attached to an aromatic ring is 1. The lowest BCUT2D eigenvalue weighted by atomic mass is 10.2. The van der Waals surface area contributed by atoms with Gasteiger partial charge in [-0.25, -0.2) is 8.78 Å². The molecule has 15 heavy (non-hydrogen) atoms. The summed E-state index contributed by atoms with van der Waals surface area (Å²) in [6.07, 6.45) is 1.05. The monoisotopic (exact) mass is 231 g/mol. The molecule has 0 radical (unpaired) electrons. The van der Waals surface area contributed by atoms with E-state index in [0.29, 0.717) is 10.8 Å². The molecular formula is C11H15F2NS. The van der Waals surface area contributed by atoms with Gasteiger partial charge < -0.3 is 5.73 Å². The van der Waals surface area contributed by atoms with Gasteiger partial charge in [0.15, 0.2) is 0 Å². The first kappa shape index (κ1) is 12.3. The third-order valence-corrected chi connectivity index (χ3v) is 3.66. The fourth-order valence-electron chi connectivity index (χ4n) is 1.03. The average Bonchev–Trinajstić information content (AvgIpc) is 2.20. The third-order valence-electron chi connectivity index (χ3n) is 2.28. The van der Waals surface area contributed by atoms with Gasteiger partial charge >= 0.3 is 0 Å². The first-order chi connectivity index (χ1) is 7.04. The van der Waals surface area contributed by atoms with Crippen molar-refractivity contribution in [3.05, 3.63) is 23.8 Å². The van der Waals surface area contributed by atoms with Crippen molar-refractivity contribution in [2.75, 3.05) is 11.5 Å². The maximum atomic E-state index is 13.1. The number of halogens is 2. The van der Waals surface area contributed by atoms with E-state index in [0.717, 1.165) is 18.2 Å². The summed E-state index contributed by atoms with van der Waals surface area (Å²) in [7, 11) is 0. The Hall–Kier alpha value is -0.770. The van der Waals surface area contributed by atoms with E-state index in [4.69, 9.17) is 5.73 Å². The molecule has 0 aliphatic carbocycles. The molecule has 84 valence electrons. The van der Waals surface area contributed by atoms with E-state index < -0.39 is 11.6 Å². The Bertz CT molecular complexity index is 342. The molecule has 0 bridgehead atoms. The summed E-state index contributed by atoms with van der Waals surface area (Å²) in [5.41, 5.74) is 5.56. The maximum Gasteiger partial charge on any atom is 0.150 e. The van der Waals surface area contributed by atoms with Crippen LogP contribution in [0.5, 0.6) is 0 Å². The van der Waals surface area contributed by atoms with Crippen LogP contribution in [-0.2, 0) is 0 Å². The second-order valence-electron chi connectivity index (χ2n) is 3.62. The minimum atomic E-state index is -0.679. The Balaban J connectivity index is 2.76. The summed E-state index contributed by atoms with van der Waals surface area (Å²) in [6.45, 7) is 4.18. The molecule has 1 atom stereocenters. The number of rotatable bonds is 4. The quantitative estimate of drug-likeness (QED) is 0.632. The minimum Gasteiger partial charge on any atom is -0.395 e. The number of hydrogen-bond donors (Lipinski definition) is 1. The highest BCUT2D eigenvalue weighted by Crippen LogP contribution is 2.30. The Morgan fingerprint density at radius 3 is 2.67 bits per heavy atom. The highest BCUT2D eigenvalue weighted by Gasteiger charge is 2.09. The molecule has 0 aliphatic heterocycles. The van der Waals surface area contributed by atoms with Crippen LogP contribution in [0.25, 0.3) is 0 Å². The van der Waals surface area contributed by atoms with Crippen molar-refractivity contribution in [1.82, 2.24) is 0 Å². The second kappa shape index (κ2) is 5.35. The zero-order chi connectivity index (χ0) is 11.4. The van der Waals surface area contributed by atoms with Gasteiger partial charge in [-0.05, 0) is 12.0 Å². The zero-order valence-corrected chi connectivity index (χ0v) is 9.70. The number of benzene rings is 1. The topological polar surface area (TPSA) is 26.0 Å².